The molecule has 5 heteroatoms. The van der Waals surface area contributed by atoms with E-state index in [1.807, 2.05) is 30.5 Å². The Labute approximate surface area is 203 Å². The molecule has 0 N–H and O–H groups in total. The number of benzene rings is 2. The van der Waals surface area contributed by atoms with Gasteiger partial charge in [0.25, 0.3) is 0 Å². The average Bonchev–Trinajstić information content (AvgIpc) is 3.35. The van der Waals surface area contributed by atoms with Gasteiger partial charge in [-0.3, -0.25) is 0 Å². The Balaban J connectivity index is 1.40. The minimum absolute atomic E-state index is 0.0429. The van der Waals surface area contributed by atoms with Crippen LogP contribution in [-0.4, -0.2) is 31.1 Å². The summed E-state index contributed by atoms with van der Waals surface area (Å²) in [5.74, 6) is 0.656. The summed E-state index contributed by atoms with van der Waals surface area (Å²) in [6.07, 6.45) is 4.55. The van der Waals surface area contributed by atoms with Crippen LogP contribution in [0.5, 0.6) is 0 Å². The maximum atomic E-state index is 13.0. The van der Waals surface area contributed by atoms with Gasteiger partial charge in [-0.2, -0.15) is 0 Å². The molecule has 2 aliphatic heterocycles. The molecule has 0 radical (unpaired) electrons. The van der Waals surface area contributed by atoms with E-state index in [0.29, 0.717) is 11.1 Å². The molecular weight excluding hydrogens is 487 g/mol. The summed E-state index contributed by atoms with van der Waals surface area (Å²) < 4.78 is 2.31. The van der Waals surface area contributed by atoms with E-state index in [1.165, 1.54) is 32.5 Å². The van der Waals surface area contributed by atoms with Crippen LogP contribution in [0.15, 0.2) is 72.4 Å². The second kappa shape index (κ2) is 6.75. The number of para-hydroxylation sites is 1. The summed E-state index contributed by atoms with van der Waals surface area (Å²) in [4.78, 5) is 33.1. The molecule has 3 aliphatic rings. The van der Waals surface area contributed by atoms with Gasteiger partial charge in [0, 0.05) is 0 Å². The van der Waals surface area contributed by atoms with Gasteiger partial charge in [0.05, 0.1) is 0 Å². The van der Waals surface area contributed by atoms with Gasteiger partial charge in [-0.15, -0.1) is 0 Å². The Morgan fingerprint density at radius 3 is 2.41 bits per heavy atom. The molecule has 7 rings (SSSR count). The molecule has 0 saturated heterocycles. The van der Waals surface area contributed by atoms with Crippen LogP contribution < -0.4 is 4.90 Å². The van der Waals surface area contributed by atoms with Crippen molar-refractivity contribution in [3.8, 4) is 0 Å². The Morgan fingerprint density at radius 2 is 1.65 bits per heavy atom. The third kappa shape index (κ3) is 2.51. The Bertz CT molecular complexity index is 1570. The van der Waals surface area contributed by atoms with Crippen LogP contribution >= 0.6 is 0 Å². The topological polar surface area (TPSA) is 50.3 Å². The van der Waals surface area contributed by atoms with E-state index in [4.69, 9.17) is 4.98 Å². The van der Waals surface area contributed by atoms with Crippen LogP contribution in [0.3, 0.4) is 0 Å². The van der Waals surface area contributed by atoms with Gasteiger partial charge in [0.2, 0.25) is 0 Å². The zero-order valence-corrected chi connectivity index (χ0v) is 20.5. The first-order valence-electron chi connectivity index (χ1n) is 11.4. The molecule has 164 valence electrons. The van der Waals surface area contributed by atoms with Gasteiger partial charge in [-0.25, -0.2) is 0 Å². The van der Waals surface area contributed by atoms with E-state index in [1.54, 1.807) is 12.1 Å². The summed E-state index contributed by atoms with van der Waals surface area (Å²) in [6, 6.07) is 20.1. The molecule has 0 spiro atoms. The van der Waals surface area contributed by atoms with E-state index in [2.05, 4.69) is 49.1 Å². The van der Waals surface area contributed by atoms with Crippen molar-refractivity contribution in [1.29, 1.82) is 0 Å². The fourth-order valence-corrected chi connectivity index (χ4v) is 7.97. The SMILES string of the molecule is CC1(C)c2cccnc2N2c3[se]c(C=C4C(=O)c5ccccc5C4=O)cc3Cc3cccc1c32. The first-order valence-corrected chi connectivity index (χ1v) is 13.1. The van der Waals surface area contributed by atoms with Crippen LogP contribution in [0, 0.1) is 0 Å². The number of ketones is 2. The van der Waals surface area contributed by atoms with Crippen molar-refractivity contribution in [2.45, 2.75) is 25.7 Å². The molecule has 4 nitrogen and oxygen atoms in total. The second-order valence-corrected chi connectivity index (χ2v) is 11.8. The zero-order chi connectivity index (χ0) is 23.2. The first-order chi connectivity index (χ1) is 16.4. The fraction of sp³-hybridized carbons (Fsp3) is 0.138. The van der Waals surface area contributed by atoms with E-state index in [-0.39, 0.29) is 37.1 Å². The van der Waals surface area contributed by atoms with Crippen molar-refractivity contribution in [2.75, 3.05) is 4.90 Å². The zero-order valence-electron chi connectivity index (χ0n) is 18.8. The molecular formula is C29H20N2O2Se. The monoisotopic (exact) mass is 508 g/mol. The summed E-state index contributed by atoms with van der Waals surface area (Å²) in [6.45, 7) is 4.54. The van der Waals surface area contributed by atoms with Gasteiger partial charge < -0.3 is 0 Å². The predicted octanol–water partition coefficient (Wildman–Crippen LogP) is 5.61. The van der Waals surface area contributed by atoms with Crippen LogP contribution in [0.1, 0.15) is 61.3 Å². The summed E-state index contributed by atoms with van der Waals surface area (Å²) in [5.41, 5.74) is 7.50. The third-order valence-corrected chi connectivity index (χ3v) is 9.60. The van der Waals surface area contributed by atoms with Crippen molar-refractivity contribution >= 4 is 48.2 Å². The Hall–Kier alpha value is -3.53. The number of anilines is 3. The molecule has 0 atom stereocenters. The summed E-state index contributed by atoms with van der Waals surface area (Å²) in [5, 5.41) is 0. The molecule has 0 amide bonds. The van der Waals surface area contributed by atoms with Crippen LogP contribution in [0.25, 0.3) is 6.08 Å². The molecule has 0 fully saturated rings. The number of hydrogen-bond donors (Lipinski definition) is 0. The molecule has 4 aromatic rings. The molecule has 4 heterocycles. The maximum absolute atomic E-state index is 13.0. The molecule has 1 aliphatic carbocycles. The van der Waals surface area contributed by atoms with Crippen molar-refractivity contribution in [1.82, 2.24) is 4.98 Å². The van der Waals surface area contributed by atoms with Gasteiger partial charge >= 0.3 is 204 Å². The van der Waals surface area contributed by atoms with E-state index < -0.39 is 0 Å². The Kier molecular flexibility index (Phi) is 3.95. The number of Topliss-reactive ketones (excluding diaryl/α,β-unsaturated/α-hetero) is 2. The van der Waals surface area contributed by atoms with Crippen molar-refractivity contribution in [2.24, 2.45) is 0 Å². The molecule has 34 heavy (non-hydrogen) atoms. The molecule has 0 unspecified atom stereocenters. The standard InChI is InChI=1S/C29H20N2O2Se/c1-29(2)22-10-5-7-16-13-17-14-18(15-21-25(32)19-8-3-4-9-20(19)26(21)33)34-28(17)31(24(16)22)27-23(29)11-6-12-30-27/h3-12,14-15H,13H2,1-2H3. The number of rotatable bonds is 1. The first kappa shape index (κ1) is 19.9. The molecule has 0 bridgehead atoms. The number of hydrogen-bond acceptors (Lipinski definition) is 4. The Morgan fingerprint density at radius 1 is 0.912 bits per heavy atom. The number of nitrogens with zero attached hydrogens (tertiary/aromatic N) is 2. The predicted molar refractivity (Wildman–Crippen MR) is 134 cm³/mol. The summed E-state index contributed by atoms with van der Waals surface area (Å²) in [7, 11) is 0. The molecule has 2 aromatic carbocycles. The van der Waals surface area contributed by atoms with Gasteiger partial charge in [0.1, 0.15) is 0 Å². The molecule has 0 saturated carbocycles. The second-order valence-electron chi connectivity index (χ2n) is 9.57. The van der Waals surface area contributed by atoms with Gasteiger partial charge in [-0.1, -0.05) is 0 Å². The normalized spacial score (nSPS) is 16.6. The van der Waals surface area contributed by atoms with E-state index in [9.17, 15) is 9.59 Å². The number of fused-ring (bicyclic) bond motifs is 5. The van der Waals surface area contributed by atoms with E-state index >= 15 is 0 Å². The van der Waals surface area contributed by atoms with Crippen molar-refractivity contribution in [3.63, 3.8) is 0 Å². The van der Waals surface area contributed by atoms with E-state index in [0.717, 1.165) is 16.7 Å². The number of carbonyl (C=O) groups is 2. The molecule has 2 aromatic heterocycles. The fourth-order valence-electron chi connectivity index (χ4n) is 5.59. The summed E-state index contributed by atoms with van der Waals surface area (Å²) >= 11 is -0.0429. The van der Waals surface area contributed by atoms with Gasteiger partial charge in [0.15, 0.2) is 0 Å². The number of aromatic nitrogens is 1. The van der Waals surface area contributed by atoms with Gasteiger partial charge in [-0.05, 0) is 0 Å². The average molecular weight is 507 g/mol. The van der Waals surface area contributed by atoms with Crippen LogP contribution in [0.4, 0.5) is 16.1 Å². The number of pyridine rings is 1. The quantitative estimate of drug-likeness (QED) is 0.168. The van der Waals surface area contributed by atoms with Crippen molar-refractivity contribution < 1.29 is 9.59 Å². The number of carbonyl (C=O) groups excluding carboxylic acids is 2. The third-order valence-electron chi connectivity index (χ3n) is 7.27. The van der Waals surface area contributed by atoms with Crippen LogP contribution in [0.2, 0.25) is 0 Å². The van der Waals surface area contributed by atoms with Crippen LogP contribution in [-0.2, 0) is 11.8 Å². The minimum atomic E-state index is -0.167. The number of allylic oxidation sites excluding steroid dienone is 1. The van der Waals surface area contributed by atoms with Crippen molar-refractivity contribution in [3.05, 3.63) is 110 Å².